The summed E-state index contributed by atoms with van der Waals surface area (Å²) < 4.78 is 1.73. The van der Waals surface area contributed by atoms with Gasteiger partial charge in [0, 0.05) is 17.3 Å². The van der Waals surface area contributed by atoms with Crippen molar-refractivity contribution in [1.82, 2.24) is 15.1 Å². The molecular weight excluding hydrogens is 310 g/mol. The summed E-state index contributed by atoms with van der Waals surface area (Å²) in [5, 5.41) is 7.98. The van der Waals surface area contributed by atoms with Gasteiger partial charge in [-0.15, -0.1) is 0 Å². The van der Waals surface area contributed by atoms with Crippen LogP contribution in [-0.2, 0) is 6.54 Å². The highest BCUT2D eigenvalue weighted by molar-refractivity contribution is 6.31. The number of nitrogens with zero attached hydrogens (tertiary/aromatic N) is 2. The summed E-state index contributed by atoms with van der Waals surface area (Å²) in [6.07, 6.45) is 5.44. The minimum atomic E-state index is -0.0772. The van der Waals surface area contributed by atoms with Gasteiger partial charge in [-0.25, -0.2) is 0 Å². The molecule has 23 heavy (non-hydrogen) atoms. The predicted molar refractivity (Wildman–Crippen MR) is 93.8 cm³/mol. The van der Waals surface area contributed by atoms with Crippen LogP contribution in [0.5, 0.6) is 0 Å². The molecule has 0 spiro atoms. The number of carbonyl (C=O) groups excluding carboxylic acids is 1. The topological polar surface area (TPSA) is 46.9 Å². The van der Waals surface area contributed by atoms with Gasteiger partial charge in [0.1, 0.15) is 0 Å². The highest BCUT2D eigenvalue weighted by Crippen LogP contribution is 2.16. The van der Waals surface area contributed by atoms with Gasteiger partial charge < -0.3 is 5.32 Å². The van der Waals surface area contributed by atoms with E-state index >= 15 is 0 Å². The number of benzene rings is 1. The van der Waals surface area contributed by atoms with Gasteiger partial charge in [-0.3, -0.25) is 9.48 Å². The largest absolute Gasteiger partial charge is 0.349 e. The fourth-order valence-electron chi connectivity index (χ4n) is 2.33. The number of nitrogens with one attached hydrogen (secondary N) is 1. The third-order valence-electron chi connectivity index (χ3n) is 3.74. The molecule has 1 atom stereocenters. The Hall–Kier alpha value is -1.81. The Labute approximate surface area is 142 Å². The van der Waals surface area contributed by atoms with Crippen LogP contribution in [0.4, 0.5) is 0 Å². The molecule has 0 saturated carbocycles. The normalized spacial score (nSPS) is 12.4. The van der Waals surface area contributed by atoms with E-state index in [2.05, 4.69) is 24.3 Å². The van der Waals surface area contributed by atoms with Crippen LogP contribution < -0.4 is 5.32 Å². The Morgan fingerprint density at radius 1 is 1.26 bits per heavy atom. The molecule has 1 N–H and O–H groups in total. The van der Waals surface area contributed by atoms with Crippen LogP contribution in [0.3, 0.4) is 0 Å². The summed E-state index contributed by atoms with van der Waals surface area (Å²) in [6, 6.07) is 7.81. The molecule has 0 radical (unpaired) electrons. The first-order valence-electron chi connectivity index (χ1n) is 8.02. The second kappa shape index (κ2) is 8.16. The smallest absolute Gasteiger partial charge is 0.254 e. The van der Waals surface area contributed by atoms with E-state index in [0.717, 1.165) is 18.4 Å². The monoisotopic (exact) mass is 333 g/mol. The molecule has 2 rings (SSSR count). The minimum absolute atomic E-state index is 0.0772. The molecule has 0 aliphatic heterocycles. The third kappa shape index (κ3) is 5.39. The van der Waals surface area contributed by atoms with E-state index in [1.54, 1.807) is 17.1 Å². The van der Waals surface area contributed by atoms with E-state index in [9.17, 15) is 4.79 Å². The van der Waals surface area contributed by atoms with Crippen molar-refractivity contribution in [3.05, 3.63) is 52.8 Å². The van der Waals surface area contributed by atoms with Crippen LogP contribution in [0.2, 0.25) is 5.02 Å². The van der Waals surface area contributed by atoms with Crippen LogP contribution >= 0.6 is 11.6 Å². The maximum Gasteiger partial charge on any atom is 0.254 e. The van der Waals surface area contributed by atoms with Crippen molar-refractivity contribution in [2.24, 2.45) is 5.92 Å². The lowest BCUT2D eigenvalue weighted by Gasteiger charge is -2.14. The molecule has 0 aliphatic rings. The average Bonchev–Trinajstić information content (AvgIpc) is 2.96. The zero-order valence-corrected chi connectivity index (χ0v) is 14.7. The number of halogens is 1. The van der Waals surface area contributed by atoms with Crippen molar-refractivity contribution < 1.29 is 4.79 Å². The Morgan fingerprint density at radius 2 is 2.00 bits per heavy atom. The summed E-state index contributed by atoms with van der Waals surface area (Å²) in [5.41, 5.74) is 1.56. The highest BCUT2D eigenvalue weighted by atomic mass is 35.5. The predicted octanol–water partition coefficient (Wildman–Crippen LogP) is 4.14. The van der Waals surface area contributed by atoms with E-state index in [4.69, 9.17) is 11.6 Å². The minimum Gasteiger partial charge on any atom is -0.349 e. The Morgan fingerprint density at radius 3 is 2.70 bits per heavy atom. The first kappa shape index (κ1) is 17.5. The third-order valence-corrected chi connectivity index (χ3v) is 4.11. The quantitative estimate of drug-likeness (QED) is 0.827. The van der Waals surface area contributed by atoms with E-state index in [0.29, 0.717) is 23.0 Å². The van der Waals surface area contributed by atoms with Crippen LogP contribution in [0.1, 0.15) is 49.5 Å². The zero-order valence-electron chi connectivity index (χ0n) is 13.9. The first-order valence-corrected chi connectivity index (χ1v) is 8.40. The number of rotatable bonds is 7. The summed E-state index contributed by atoms with van der Waals surface area (Å²) in [6.45, 7) is 6.96. The summed E-state index contributed by atoms with van der Waals surface area (Å²) in [4.78, 5) is 12.2. The van der Waals surface area contributed by atoms with Gasteiger partial charge >= 0.3 is 0 Å². The number of amides is 1. The molecule has 124 valence electrons. The second-order valence-electron chi connectivity index (χ2n) is 6.36. The van der Waals surface area contributed by atoms with Crippen LogP contribution in [0, 0.1) is 5.92 Å². The number of carbonyl (C=O) groups is 1. The van der Waals surface area contributed by atoms with Gasteiger partial charge in [0.05, 0.1) is 18.3 Å². The number of aromatic nitrogens is 2. The molecule has 0 saturated heterocycles. The zero-order chi connectivity index (χ0) is 16.8. The standard InChI is InChI=1S/C18H24ClN3O/c1-13(2)8-9-14(3)21-18(23)16-10-20-22(12-16)11-15-6-4-5-7-17(15)19/h4-7,10,12-14H,8-9,11H2,1-3H3,(H,21,23). The molecule has 1 aromatic carbocycles. The molecule has 2 aromatic rings. The maximum atomic E-state index is 12.2. The molecule has 0 aliphatic carbocycles. The Balaban J connectivity index is 1.93. The van der Waals surface area contributed by atoms with Crippen molar-refractivity contribution in [3.8, 4) is 0 Å². The van der Waals surface area contributed by atoms with Crippen molar-refractivity contribution in [1.29, 1.82) is 0 Å². The Kier molecular flexibility index (Phi) is 6.22. The lowest BCUT2D eigenvalue weighted by Crippen LogP contribution is -2.32. The molecule has 4 nitrogen and oxygen atoms in total. The van der Waals surface area contributed by atoms with Gasteiger partial charge in [0.15, 0.2) is 0 Å². The lowest BCUT2D eigenvalue weighted by molar-refractivity contribution is 0.0937. The van der Waals surface area contributed by atoms with E-state index < -0.39 is 0 Å². The molecule has 1 aromatic heterocycles. The molecule has 0 bridgehead atoms. The van der Waals surface area contributed by atoms with Crippen molar-refractivity contribution >= 4 is 17.5 Å². The molecule has 1 unspecified atom stereocenters. The summed E-state index contributed by atoms with van der Waals surface area (Å²) >= 11 is 6.15. The molecule has 5 heteroatoms. The fraction of sp³-hybridized carbons (Fsp3) is 0.444. The number of hydrogen-bond donors (Lipinski definition) is 1. The van der Waals surface area contributed by atoms with Gasteiger partial charge in [0.2, 0.25) is 0 Å². The first-order chi connectivity index (χ1) is 11.0. The average molecular weight is 334 g/mol. The van der Waals surface area contributed by atoms with Crippen LogP contribution in [0.15, 0.2) is 36.7 Å². The number of hydrogen-bond acceptors (Lipinski definition) is 2. The van der Waals surface area contributed by atoms with Gasteiger partial charge in [-0.2, -0.15) is 5.10 Å². The van der Waals surface area contributed by atoms with Gasteiger partial charge in [-0.1, -0.05) is 43.6 Å². The van der Waals surface area contributed by atoms with Crippen LogP contribution in [0.25, 0.3) is 0 Å². The van der Waals surface area contributed by atoms with Crippen molar-refractivity contribution in [3.63, 3.8) is 0 Å². The molecule has 0 fully saturated rings. The molecule has 1 heterocycles. The fourth-order valence-corrected chi connectivity index (χ4v) is 2.53. The van der Waals surface area contributed by atoms with E-state index in [1.165, 1.54) is 0 Å². The highest BCUT2D eigenvalue weighted by Gasteiger charge is 2.12. The molecular formula is C18H24ClN3O. The van der Waals surface area contributed by atoms with Crippen LogP contribution in [-0.4, -0.2) is 21.7 Å². The Bertz CT molecular complexity index is 651. The van der Waals surface area contributed by atoms with Gasteiger partial charge in [0.25, 0.3) is 5.91 Å². The lowest BCUT2D eigenvalue weighted by atomic mass is 10.0. The molecule has 1 amide bonds. The van der Waals surface area contributed by atoms with Gasteiger partial charge in [-0.05, 0) is 37.3 Å². The van der Waals surface area contributed by atoms with Crippen molar-refractivity contribution in [2.45, 2.75) is 46.2 Å². The van der Waals surface area contributed by atoms with Crippen molar-refractivity contribution in [2.75, 3.05) is 0 Å². The van der Waals surface area contributed by atoms with E-state index in [1.807, 2.05) is 31.2 Å². The second-order valence-corrected chi connectivity index (χ2v) is 6.77. The SMILES string of the molecule is CC(C)CCC(C)NC(=O)c1cnn(Cc2ccccc2Cl)c1. The summed E-state index contributed by atoms with van der Waals surface area (Å²) in [7, 11) is 0. The maximum absolute atomic E-state index is 12.2. The summed E-state index contributed by atoms with van der Waals surface area (Å²) in [5.74, 6) is 0.569. The van der Waals surface area contributed by atoms with E-state index in [-0.39, 0.29) is 11.9 Å².